The molecule has 5 nitrogen and oxygen atoms in total. The number of imidazole rings is 1. The molecule has 3 aromatic rings. The predicted molar refractivity (Wildman–Crippen MR) is 113 cm³/mol. The zero-order valence-electron chi connectivity index (χ0n) is 15.9. The number of aliphatic hydroxyl groups excluding tert-OH is 1. The number of hydrogen-bond donors (Lipinski definition) is 2. The first kappa shape index (κ1) is 20.8. The van der Waals surface area contributed by atoms with Crippen LogP contribution < -0.4 is 10.4 Å². The fraction of sp³-hybridized carbons (Fsp3) is 0.381. The third-order valence-electron chi connectivity index (χ3n) is 4.68. The van der Waals surface area contributed by atoms with Crippen LogP contribution in [0, 0.1) is 5.41 Å². The Morgan fingerprint density at radius 3 is 2.46 bits per heavy atom. The van der Waals surface area contributed by atoms with Crippen molar-refractivity contribution in [3.8, 4) is 5.75 Å². The van der Waals surface area contributed by atoms with E-state index < -0.39 is 6.10 Å². The molecule has 150 valence electrons. The third-order valence-corrected chi connectivity index (χ3v) is 5.21. The van der Waals surface area contributed by atoms with Gasteiger partial charge in [0.2, 0.25) is 5.62 Å². The number of halogens is 2. The molecule has 0 aliphatic carbocycles. The number of nitrogens with zero attached hydrogens (tertiary/aromatic N) is 2. The van der Waals surface area contributed by atoms with Gasteiger partial charge in [0.15, 0.2) is 0 Å². The van der Waals surface area contributed by atoms with Crippen molar-refractivity contribution in [2.24, 2.45) is 0 Å². The first-order valence-corrected chi connectivity index (χ1v) is 10.3. The van der Waals surface area contributed by atoms with Crippen LogP contribution in [0.2, 0.25) is 10.0 Å². The molecule has 28 heavy (non-hydrogen) atoms. The lowest BCUT2D eigenvalue weighted by atomic mass is 10.2. The van der Waals surface area contributed by atoms with Gasteiger partial charge >= 0.3 is 0 Å². The van der Waals surface area contributed by atoms with E-state index in [1.54, 1.807) is 18.2 Å². The molecule has 0 bridgehead atoms. The van der Waals surface area contributed by atoms with Crippen molar-refractivity contribution < 1.29 is 9.84 Å². The van der Waals surface area contributed by atoms with Crippen LogP contribution in [-0.4, -0.2) is 27.0 Å². The molecule has 2 N–H and O–H groups in total. The van der Waals surface area contributed by atoms with Crippen molar-refractivity contribution in [2.75, 3.05) is 6.61 Å². The Morgan fingerprint density at radius 1 is 1.07 bits per heavy atom. The molecule has 0 saturated heterocycles. The Bertz CT molecular complexity index is 997. The summed E-state index contributed by atoms with van der Waals surface area (Å²) < 4.78 is 9.48. The van der Waals surface area contributed by atoms with Crippen LogP contribution in [-0.2, 0) is 13.1 Å². The van der Waals surface area contributed by atoms with Crippen LogP contribution in [0.1, 0.15) is 26.2 Å². The summed E-state index contributed by atoms with van der Waals surface area (Å²) in [6, 6.07) is 12.9. The van der Waals surface area contributed by atoms with Gasteiger partial charge in [-0.1, -0.05) is 55.1 Å². The largest absolute Gasteiger partial charge is 0.489 e. The molecule has 1 aromatic heterocycles. The first-order valence-electron chi connectivity index (χ1n) is 9.49. The summed E-state index contributed by atoms with van der Waals surface area (Å²) in [4.78, 5) is 0. The van der Waals surface area contributed by atoms with Gasteiger partial charge in [0, 0.05) is 11.6 Å². The van der Waals surface area contributed by atoms with Gasteiger partial charge in [0.25, 0.3) is 0 Å². The maximum absolute atomic E-state index is 10.5. The van der Waals surface area contributed by atoms with Gasteiger partial charge in [-0.2, -0.15) is 0 Å². The Kier molecular flexibility index (Phi) is 7.05. The number of aromatic nitrogens is 2. The van der Waals surface area contributed by atoms with Crippen molar-refractivity contribution in [1.82, 2.24) is 9.13 Å². The van der Waals surface area contributed by atoms with Crippen LogP contribution in [0.15, 0.2) is 42.5 Å². The second kappa shape index (κ2) is 9.50. The fourth-order valence-corrected chi connectivity index (χ4v) is 3.73. The maximum atomic E-state index is 10.5. The maximum Gasteiger partial charge on any atom is 0.203 e. The van der Waals surface area contributed by atoms with E-state index in [1.165, 1.54) is 0 Å². The van der Waals surface area contributed by atoms with E-state index in [-0.39, 0.29) is 13.2 Å². The summed E-state index contributed by atoms with van der Waals surface area (Å²) in [5, 5.41) is 20.0. The van der Waals surface area contributed by atoms with E-state index in [2.05, 4.69) is 6.92 Å². The number of rotatable bonds is 9. The third kappa shape index (κ3) is 4.72. The van der Waals surface area contributed by atoms with Crippen LogP contribution in [0.3, 0.4) is 0 Å². The summed E-state index contributed by atoms with van der Waals surface area (Å²) in [5.41, 5.74) is 2.34. The summed E-state index contributed by atoms with van der Waals surface area (Å²) in [7, 11) is 0. The number of hydrogen-bond acceptors (Lipinski definition) is 3. The highest BCUT2D eigenvalue weighted by molar-refractivity contribution is 6.35. The van der Waals surface area contributed by atoms with E-state index in [4.69, 9.17) is 33.3 Å². The predicted octanol–water partition coefficient (Wildman–Crippen LogP) is 4.86. The summed E-state index contributed by atoms with van der Waals surface area (Å²) in [6.07, 6.45) is 2.51. The zero-order chi connectivity index (χ0) is 20.1. The van der Waals surface area contributed by atoms with Crippen molar-refractivity contribution >= 4 is 34.2 Å². The van der Waals surface area contributed by atoms with Gasteiger partial charge in [0.1, 0.15) is 18.5 Å². The average Bonchev–Trinajstić information content (AvgIpc) is 2.93. The molecule has 1 atom stereocenters. The number of nitrogens with one attached hydrogen (secondary N) is 1. The quantitative estimate of drug-likeness (QED) is 0.484. The highest BCUT2D eigenvalue weighted by atomic mass is 35.5. The molecule has 3 rings (SSSR count). The smallest absolute Gasteiger partial charge is 0.203 e. The van der Waals surface area contributed by atoms with E-state index in [0.29, 0.717) is 21.4 Å². The van der Waals surface area contributed by atoms with E-state index in [0.717, 1.165) is 36.8 Å². The highest BCUT2D eigenvalue weighted by Gasteiger charge is 2.15. The Morgan fingerprint density at radius 2 is 1.79 bits per heavy atom. The number of fused-ring (bicyclic) bond motifs is 1. The molecule has 1 heterocycles. The van der Waals surface area contributed by atoms with Crippen molar-refractivity contribution in [2.45, 2.75) is 45.4 Å². The van der Waals surface area contributed by atoms with E-state index >= 15 is 0 Å². The molecule has 7 heteroatoms. The lowest BCUT2D eigenvalue weighted by Gasteiger charge is -2.14. The number of benzene rings is 2. The van der Waals surface area contributed by atoms with E-state index in [1.807, 2.05) is 33.4 Å². The molecule has 0 amide bonds. The van der Waals surface area contributed by atoms with Gasteiger partial charge in [-0.05, 0) is 36.8 Å². The van der Waals surface area contributed by atoms with Gasteiger partial charge in [-0.15, -0.1) is 0 Å². The summed E-state index contributed by atoms with van der Waals surface area (Å²) in [5.74, 6) is 0.475. The fourth-order valence-electron chi connectivity index (χ4n) is 3.27. The molecule has 0 radical (unpaired) electrons. The molecule has 0 aliphatic rings. The Labute approximate surface area is 174 Å². The second-order valence-electron chi connectivity index (χ2n) is 6.82. The van der Waals surface area contributed by atoms with Gasteiger partial charge < -0.3 is 19.0 Å². The minimum atomic E-state index is -0.782. The Balaban J connectivity index is 1.75. The van der Waals surface area contributed by atoms with Gasteiger partial charge in [-0.25, -0.2) is 0 Å². The number of unbranched alkanes of at least 4 members (excludes halogenated alkanes) is 2. The molecular formula is C21H25Cl2N3O2. The number of para-hydroxylation sites is 2. The van der Waals surface area contributed by atoms with Crippen molar-refractivity contribution in [3.63, 3.8) is 0 Å². The second-order valence-corrected chi connectivity index (χ2v) is 7.66. The van der Waals surface area contributed by atoms with Crippen LogP contribution in [0.4, 0.5) is 0 Å². The molecule has 0 spiro atoms. The van der Waals surface area contributed by atoms with E-state index in [9.17, 15) is 5.11 Å². The average molecular weight is 422 g/mol. The van der Waals surface area contributed by atoms with Crippen molar-refractivity contribution in [3.05, 3.63) is 58.1 Å². The monoisotopic (exact) mass is 421 g/mol. The lowest BCUT2D eigenvalue weighted by molar-refractivity contribution is 0.0921. The standard InChI is InChI=1S/C21H25Cl2N3O2/c1-2-3-6-11-25-18-7-4-5-8-19(18)26(21(25)24)13-16(27)14-28-20-10-9-15(22)12-17(20)23/h4-5,7-10,12,16,24,27H,2-3,6,11,13-14H2,1H3. The Hall–Kier alpha value is -1.95. The normalized spacial score (nSPS) is 12.4. The number of ether oxygens (including phenoxy) is 1. The zero-order valence-corrected chi connectivity index (χ0v) is 17.4. The summed E-state index contributed by atoms with van der Waals surface area (Å²) >= 11 is 12.0. The highest BCUT2D eigenvalue weighted by Crippen LogP contribution is 2.27. The molecule has 0 aliphatic heterocycles. The summed E-state index contributed by atoms with van der Waals surface area (Å²) in [6.45, 7) is 3.31. The minimum Gasteiger partial charge on any atom is -0.489 e. The van der Waals surface area contributed by atoms with Crippen LogP contribution in [0.25, 0.3) is 11.0 Å². The first-order chi connectivity index (χ1) is 13.5. The molecular weight excluding hydrogens is 397 g/mol. The van der Waals surface area contributed by atoms with Gasteiger partial charge in [0.05, 0.1) is 22.6 Å². The molecule has 1 unspecified atom stereocenters. The van der Waals surface area contributed by atoms with Crippen molar-refractivity contribution in [1.29, 1.82) is 5.41 Å². The van der Waals surface area contributed by atoms with Crippen LogP contribution in [0.5, 0.6) is 5.75 Å². The van der Waals surface area contributed by atoms with Crippen LogP contribution >= 0.6 is 23.2 Å². The molecule has 0 saturated carbocycles. The minimum absolute atomic E-state index is 0.0726. The molecule has 2 aromatic carbocycles. The SMILES string of the molecule is CCCCCn1c(=N)n(CC(O)COc2ccc(Cl)cc2Cl)c2ccccc21. The number of aliphatic hydroxyl groups is 1. The molecule has 0 fully saturated rings. The van der Waals surface area contributed by atoms with Gasteiger partial charge in [-0.3, -0.25) is 5.41 Å². The lowest BCUT2D eigenvalue weighted by Crippen LogP contribution is -2.31. The topological polar surface area (TPSA) is 63.2 Å². The number of aryl methyl sites for hydroxylation is 1.